The summed E-state index contributed by atoms with van der Waals surface area (Å²) in [6.07, 6.45) is 5.14. The van der Waals surface area contributed by atoms with Gasteiger partial charge in [0.1, 0.15) is 0 Å². The first kappa shape index (κ1) is 16.9. The molecule has 0 radical (unpaired) electrons. The lowest BCUT2D eigenvalue weighted by molar-refractivity contribution is -0.111. The maximum atomic E-state index is 12.1. The molecule has 0 spiro atoms. The molecule has 0 aliphatic rings. The summed E-state index contributed by atoms with van der Waals surface area (Å²) in [4.78, 5) is 16.4. The molecule has 3 aromatic rings. The van der Waals surface area contributed by atoms with Gasteiger partial charge in [-0.3, -0.25) is 9.78 Å². The molecule has 3 rings (SSSR count). The lowest BCUT2D eigenvalue weighted by atomic mass is 9.87. The predicted molar refractivity (Wildman–Crippen MR) is 105 cm³/mol. The van der Waals surface area contributed by atoms with Gasteiger partial charge in [0.05, 0.1) is 5.52 Å². The van der Waals surface area contributed by atoms with Gasteiger partial charge in [-0.1, -0.05) is 51.1 Å². The second kappa shape index (κ2) is 6.89. The number of anilines is 1. The van der Waals surface area contributed by atoms with Crippen LogP contribution in [-0.4, -0.2) is 10.9 Å². The van der Waals surface area contributed by atoms with Crippen LogP contribution >= 0.6 is 0 Å². The van der Waals surface area contributed by atoms with E-state index in [0.29, 0.717) is 0 Å². The first-order valence-electron chi connectivity index (χ1n) is 8.36. The average Bonchev–Trinajstić information content (AvgIpc) is 2.59. The Kier molecular flexibility index (Phi) is 4.66. The monoisotopic (exact) mass is 330 g/mol. The first-order chi connectivity index (χ1) is 11.9. The second-order valence-corrected chi connectivity index (χ2v) is 7.11. The zero-order valence-corrected chi connectivity index (χ0v) is 14.8. The Morgan fingerprint density at radius 1 is 1.04 bits per heavy atom. The Balaban J connectivity index is 1.67. The van der Waals surface area contributed by atoms with Gasteiger partial charge in [-0.25, -0.2) is 0 Å². The molecule has 0 unspecified atom stereocenters. The number of nitrogens with zero attached hydrogens (tertiary/aromatic N) is 1. The summed E-state index contributed by atoms with van der Waals surface area (Å²) in [6.45, 7) is 6.55. The van der Waals surface area contributed by atoms with Gasteiger partial charge in [0.2, 0.25) is 5.91 Å². The van der Waals surface area contributed by atoms with Crippen LogP contribution in [0.15, 0.2) is 66.9 Å². The van der Waals surface area contributed by atoms with Gasteiger partial charge >= 0.3 is 0 Å². The van der Waals surface area contributed by atoms with Gasteiger partial charge in [0, 0.05) is 23.3 Å². The summed E-state index contributed by atoms with van der Waals surface area (Å²) in [5.41, 5.74) is 4.09. The molecule has 0 aliphatic carbocycles. The Bertz CT molecular complexity index is 919. The minimum absolute atomic E-state index is 0.130. The van der Waals surface area contributed by atoms with Crippen molar-refractivity contribution < 1.29 is 4.79 Å². The lowest BCUT2D eigenvalue weighted by Gasteiger charge is -2.18. The number of hydrogen-bond acceptors (Lipinski definition) is 2. The van der Waals surface area contributed by atoms with Crippen molar-refractivity contribution in [3.05, 3.63) is 78.0 Å². The second-order valence-electron chi connectivity index (χ2n) is 7.11. The van der Waals surface area contributed by atoms with E-state index in [1.165, 1.54) is 5.56 Å². The highest BCUT2D eigenvalue weighted by atomic mass is 16.1. The van der Waals surface area contributed by atoms with Crippen LogP contribution in [0.3, 0.4) is 0 Å². The number of rotatable bonds is 3. The Morgan fingerprint density at radius 2 is 1.80 bits per heavy atom. The van der Waals surface area contributed by atoms with Gasteiger partial charge in [0.25, 0.3) is 0 Å². The van der Waals surface area contributed by atoms with E-state index in [9.17, 15) is 4.79 Å². The number of nitrogens with one attached hydrogen (secondary N) is 1. The van der Waals surface area contributed by atoms with Gasteiger partial charge in [-0.15, -0.1) is 0 Å². The molecule has 0 saturated heterocycles. The number of pyridine rings is 1. The van der Waals surface area contributed by atoms with Gasteiger partial charge in [0.15, 0.2) is 0 Å². The summed E-state index contributed by atoms with van der Waals surface area (Å²) in [7, 11) is 0. The van der Waals surface area contributed by atoms with Crippen LogP contribution in [0.2, 0.25) is 0 Å². The van der Waals surface area contributed by atoms with E-state index in [4.69, 9.17) is 0 Å². The summed E-state index contributed by atoms with van der Waals surface area (Å²) >= 11 is 0. The fraction of sp³-hybridized carbons (Fsp3) is 0.182. The molecule has 3 nitrogen and oxygen atoms in total. The quantitative estimate of drug-likeness (QED) is 0.672. The van der Waals surface area contributed by atoms with Gasteiger partial charge in [-0.05, 0) is 46.9 Å². The number of benzene rings is 2. The van der Waals surface area contributed by atoms with Crippen molar-refractivity contribution in [2.45, 2.75) is 26.2 Å². The number of hydrogen-bond donors (Lipinski definition) is 1. The van der Waals surface area contributed by atoms with Crippen molar-refractivity contribution in [3.8, 4) is 0 Å². The van der Waals surface area contributed by atoms with Crippen molar-refractivity contribution in [2.75, 3.05) is 5.32 Å². The van der Waals surface area contributed by atoms with E-state index in [2.05, 4.69) is 43.2 Å². The summed E-state index contributed by atoms with van der Waals surface area (Å²) in [5.74, 6) is -0.150. The molecule has 0 atom stereocenters. The van der Waals surface area contributed by atoms with Crippen molar-refractivity contribution in [1.29, 1.82) is 0 Å². The summed E-state index contributed by atoms with van der Waals surface area (Å²) in [5, 5.41) is 3.89. The number of aromatic nitrogens is 1. The molecule has 0 fully saturated rings. The normalized spacial score (nSPS) is 11.8. The van der Waals surface area contributed by atoms with E-state index in [1.54, 1.807) is 12.3 Å². The third-order valence-corrected chi connectivity index (χ3v) is 4.07. The summed E-state index contributed by atoms with van der Waals surface area (Å²) in [6, 6.07) is 17.8. The number of fused-ring (bicyclic) bond motifs is 1. The molecule has 0 saturated carbocycles. The molecule has 1 heterocycles. The van der Waals surface area contributed by atoms with E-state index < -0.39 is 0 Å². The van der Waals surface area contributed by atoms with Gasteiger partial charge < -0.3 is 5.32 Å². The zero-order valence-electron chi connectivity index (χ0n) is 14.8. The minimum Gasteiger partial charge on any atom is -0.322 e. The molecule has 0 aliphatic heterocycles. The predicted octanol–water partition coefficient (Wildman–Crippen LogP) is 5.18. The van der Waals surface area contributed by atoms with Gasteiger partial charge in [-0.2, -0.15) is 0 Å². The molecule has 0 bridgehead atoms. The number of carbonyl (C=O) groups is 1. The van der Waals surface area contributed by atoms with E-state index in [0.717, 1.165) is 22.2 Å². The average molecular weight is 330 g/mol. The standard InChI is InChI=1S/C22H22N2O/c1-22(2,3)18-9-6-16(7-10-18)8-13-21(25)24-19-11-12-20-17(15-19)5-4-14-23-20/h4-15H,1-3H3,(H,24,25)/b13-8+. The highest BCUT2D eigenvalue weighted by molar-refractivity contribution is 6.02. The molecule has 126 valence electrons. The van der Waals surface area contributed by atoms with Crippen LogP contribution in [0.25, 0.3) is 17.0 Å². The van der Waals surface area contributed by atoms with Crippen LogP contribution in [-0.2, 0) is 10.2 Å². The van der Waals surface area contributed by atoms with E-state index in [1.807, 2.05) is 48.5 Å². The van der Waals surface area contributed by atoms with Crippen molar-refractivity contribution in [3.63, 3.8) is 0 Å². The van der Waals surface area contributed by atoms with E-state index >= 15 is 0 Å². The topological polar surface area (TPSA) is 42.0 Å². The fourth-order valence-corrected chi connectivity index (χ4v) is 2.60. The third kappa shape index (κ3) is 4.32. The van der Waals surface area contributed by atoms with Crippen molar-refractivity contribution >= 4 is 28.6 Å². The minimum atomic E-state index is -0.150. The largest absolute Gasteiger partial charge is 0.322 e. The highest BCUT2D eigenvalue weighted by Gasteiger charge is 2.12. The van der Waals surface area contributed by atoms with Crippen LogP contribution in [0.5, 0.6) is 0 Å². The third-order valence-electron chi connectivity index (χ3n) is 4.07. The molecule has 25 heavy (non-hydrogen) atoms. The number of amides is 1. The smallest absolute Gasteiger partial charge is 0.248 e. The molecular formula is C22H22N2O. The molecule has 3 heteroatoms. The number of carbonyl (C=O) groups excluding carboxylic acids is 1. The van der Waals surface area contributed by atoms with Crippen molar-refractivity contribution in [2.24, 2.45) is 0 Å². The maximum Gasteiger partial charge on any atom is 0.248 e. The highest BCUT2D eigenvalue weighted by Crippen LogP contribution is 2.22. The van der Waals surface area contributed by atoms with Crippen LogP contribution < -0.4 is 5.32 Å². The van der Waals surface area contributed by atoms with E-state index in [-0.39, 0.29) is 11.3 Å². The Hall–Kier alpha value is -2.94. The molecular weight excluding hydrogens is 308 g/mol. The van der Waals surface area contributed by atoms with Crippen LogP contribution in [0.1, 0.15) is 31.9 Å². The molecule has 2 aromatic carbocycles. The fourth-order valence-electron chi connectivity index (χ4n) is 2.60. The molecule has 1 amide bonds. The summed E-state index contributed by atoms with van der Waals surface area (Å²) < 4.78 is 0. The Labute approximate surface area is 148 Å². The van der Waals surface area contributed by atoms with Crippen LogP contribution in [0.4, 0.5) is 5.69 Å². The zero-order chi connectivity index (χ0) is 17.9. The lowest BCUT2D eigenvalue weighted by Crippen LogP contribution is -2.10. The van der Waals surface area contributed by atoms with Crippen LogP contribution in [0, 0.1) is 0 Å². The molecule has 1 aromatic heterocycles. The maximum absolute atomic E-state index is 12.1. The Morgan fingerprint density at radius 3 is 2.52 bits per heavy atom. The SMILES string of the molecule is CC(C)(C)c1ccc(/C=C/C(=O)Nc2ccc3ncccc3c2)cc1. The first-order valence-corrected chi connectivity index (χ1v) is 8.36. The molecule has 1 N–H and O–H groups in total. The van der Waals surface area contributed by atoms with Crippen molar-refractivity contribution in [1.82, 2.24) is 4.98 Å².